The predicted octanol–water partition coefficient (Wildman–Crippen LogP) is 2.60. The van der Waals surface area contributed by atoms with Gasteiger partial charge in [0.2, 0.25) is 0 Å². The van der Waals surface area contributed by atoms with Gasteiger partial charge in [-0.25, -0.2) is 4.39 Å². The van der Waals surface area contributed by atoms with Crippen LogP contribution in [0.3, 0.4) is 0 Å². The zero-order valence-corrected chi connectivity index (χ0v) is 10.0. The van der Waals surface area contributed by atoms with Crippen LogP contribution < -0.4 is 10.5 Å². The van der Waals surface area contributed by atoms with E-state index in [4.69, 9.17) is 10.5 Å². The van der Waals surface area contributed by atoms with Crippen LogP contribution in [-0.2, 0) is 5.41 Å². The number of ether oxygens (including phenoxy) is 1. The van der Waals surface area contributed by atoms with Crippen molar-refractivity contribution in [1.29, 1.82) is 0 Å². The van der Waals surface area contributed by atoms with Crippen LogP contribution in [-0.4, -0.2) is 12.6 Å². The average Bonchev–Trinajstić information content (AvgIpc) is 2.98. The summed E-state index contributed by atoms with van der Waals surface area (Å²) >= 11 is 0. The van der Waals surface area contributed by atoms with E-state index in [9.17, 15) is 4.39 Å². The van der Waals surface area contributed by atoms with Gasteiger partial charge < -0.3 is 10.5 Å². The van der Waals surface area contributed by atoms with Gasteiger partial charge >= 0.3 is 0 Å². The Hall–Kier alpha value is -1.09. The fourth-order valence-corrected chi connectivity index (χ4v) is 2.10. The lowest BCUT2D eigenvalue weighted by Crippen LogP contribution is -2.43. The summed E-state index contributed by atoms with van der Waals surface area (Å²) in [5.41, 5.74) is 7.00. The lowest BCUT2D eigenvalue weighted by Gasteiger charge is -2.32. The second-order valence-corrected chi connectivity index (χ2v) is 5.13. The first-order chi connectivity index (χ1) is 7.40. The number of benzene rings is 1. The van der Waals surface area contributed by atoms with Crippen molar-refractivity contribution in [2.24, 2.45) is 5.73 Å². The highest BCUT2D eigenvalue weighted by molar-refractivity contribution is 5.38. The quantitative estimate of drug-likeness (QED) is 0.854. The second kappa shape index (κ2) is 3.45. The molecule has 0 saturated heterocycles. The van der Waals surface area contributed by atoms with Crippen molar-refractivity contribution in [2.75, 3.05) is 7.11 Å². The van der Waals surface area contributed by atoms with Gasteiger partial charge in [0.05, 0.1) is 7.11 Å². The van der Waals surface area contributed by atoms with E-state index in [0.717, 1.165) is 18.4 Å². The maximum atomic E-state index is 13.3. The lowest BCUT2D eigenvalue weighted by atomic mass is 9.76. The maximum Gasteiger partial charge on any atom is 0.165 e. The highest BCUT2D eigenvalue weighted by Crippen LogP contribution is 2.49. The normalized spacial score (nSPS) is 18.3. The first-order valence-electron chi connectivity index (χ1n) is 5.54. The van der Waals surface area contributed by atoms with E-state index < -0.39 is 0 Å². The molecule has 1 fully saturated rings. The molecule has 0 bridgehead atoms. The van der Waals surface area contributed by atoms with Gasteiger partial charge in [0.15, 0.2) is 11.6 Å². The van der Waals surface area contributed by atoms with E-state index in [0.29, 0.717) is 0 Å². The summed E-state index contributed by atoms with van der Waals surface area (Å²) in [6, 6.07) is 4.99. The molecular weight excluding hydrogens is 205 g/mol. The Bertz CT molecular complexity index is 410. The van der Waals surface area contributed by atoms with Crippen molar-refractivity contribution in [3.05, 3.63) is 29.6 Å². The van der Waals surface area contributed by atoms with Crippen LogP contribution in [0.25, 0.3) is 0 Å². The molecule has 0 radical (unpaired) electrons. The monoisotopic (exact) mass is 223 g/mol. The minimum Gasteiger partial charge on any atom is -0.494 e. The summed E-state index contributed by atoms with van der Waals surface area (Å²) < 4.78 is 18.3. The molecule has 2 rings (SSSR count). The summed E-state index contributed by atoms with van der Waals surface area (Å²) in [6.07, 6.45) is 2.05. The molecule has 1 aliphatic carbocycles. The van der Waals surface area contributed by atoms with Crippen LogP contribution in [0.5, 0.6) is 5.75 Å². The lowest BCUT2D eigenvalue weighted by molar-refractivity contribution is 0.370. The van der Waals surface area contributed by atoms with E-state index in [1.54, 1.807) is 12.1 Å². The summed E-state index contributed by atoms with van der Waals surface area (Å²) in [4.78, 5) is 0. The molecule has 0 aliphatic heterocycles. The van der Waals surface area contributed by atoms with E-state index >= 15 is 0 Å². The first-order valence-corrected chi connectivity index (χ1v) is 5.54. The summed E-state index contributed by atoms with van der Waals surface area (Å²) in [5, 5.41) is 0. The Morgan fingerprint density at radius 2 is 2.00 bits per heavy atom. The fourth-order valence-electron chi connectivity index (χ4n) is 2.10. The Balaban J connectivity index is 2.40. The molecule has 1 aromatic rings. The molecule has 3 heteroatoms. The van der Waals surface area contributed by atoms with Gasteiger partial charge in [0.25, 0.3) is 0 Å². The third kappa shape index (κ3) is 1.59. The van der Waals surface area contributed by atoms with Crippen molar-refractivity contribution in [3.63, 3.8) is 0 Å². The fraction of sp³-hybridized carbons (Fsp3) is 0.538. The number of halogens is 1. The summed E-state index contributed by atoms with van der Waals surface area (Å²) in [7, 11) is 1.48. The van der Waals surface area contributed by atoms with Crippen LogP contribution in [0.15, 0.2) is 18.2 Å². The molecule has 1 aromatic carbocycles. The van der Waals surface area contributed by atoms with Gasteiger partial charge in [0.1, 0.15) is 0 Å². The van der Waals surface area contributed by atoms with Crippen molar-refractivity contribution in [1.82, 2.24) is 0 Å². The minimum absolute atomic E-state index is 0.143. The predicted molar refractivity (Wildman–Crippen MR) is 62.1 cm³/mol. The standard InChI is InChI=1S/C13H18FNO/c1-12(2,13(15)6-7-13)9-4-5-10(14)11(8-9)16-3/h4-5,8H,6-7,15H2,1-3H3. The van der Waals surface area contributed by atoms with Crippen molar-refractivity contribution < 1.29 is 9.13 Å². The Morgan fingerprint density at radius 3 is 2.50 bits per heavy atom. The molecule has 16 heavy (non-hydrogen) atoms. The van der Waals surface area contributed by atoms with Gasteiger partial charge in [-0.3, -0.25) is 0 Å². The molecule has 0 amide bonds. The van der Waals surface area contributed by atoms with Crippen LogP contribution in [0.1, 0.15) is 32.3 Å². The first kappa shape index (κ1) is 11.4. The van der Waals surface area contributed by atoms with Gasteiger partial charge in [-0.15, -0.1) is 0 Å². The Kier molecular flexibility index (Phi) is 2.46. The maximum absolute atomic E-state index is 13.3. The minimum atomic E-state index is -0.330. The third-order valence-electron chi connectivity index (χ3n) is 3.91. The van der Waals surface area contributed by atoms with Gasteiger partial charge in [-0.1, -0.05) is 19.9 Å². The van der Waals surface area contributed by atoms with Gasteiger partial charge in [0, 0.05) is 11.0 Å². The van der Waals surface area contributed by atoms with Crippen LogP contribution in [0.2, 0.25) is 0 Å². The number of methoxy groups -OCH3 is 1. The third-order valence-corrected chi connectivity index (χ3v) is 3.91. The smallest absolute Gasteiger partial charge is 0.165 e. The molecule has 88 valence electrons. The van der Waals surface area contributed by atoms with Gasteiger partial charge in [-0.05, 0) is 30.5 Å². The Morgan fingerprint density at radius 1 is 1.38 bits per heavy atom. The number of nitrogens with two attached hydrogens (primary N) is 1. The highest BCUT2D eigenvalue weighted by atomic mass is 19.1. The number of hydrogen-bond acceptors (Lipinski definition) is 2. The van der Waals surface area contributed by atoms with Crippen LogP contribution >= 0.6 is 0 Å². The van der Waals surface area contributed by atoms with Crippen molar-refractivity contribution in [2.45, 2.75) is 37.6 Å². The van der Waals surface area contributed by atoms with Crippen LogP contribution in [0.4, 0.5) is 4.39 Å². The zero-order chi connectivity index (χ0) is 12.0. The molecule has 2 N–H and O–H groups in total. The SMILES string of the molecule is COc1cc(C(C)(C)C2(N)CC2)ccc1F. The molecule has 1 aliphatic rings. The topological polar surface area (TPSA) is 35.2 Å². The van der Waals surface area contributed by atoms with Crippen molar-refractivity contribution >= 4 is 0 Å². The van der Waals surface area contributed by atoms with E-state index in [-0.39, 0.29) is 22.5 Å². The van der Waals surface area contributed by atoms with Crippen molar-refractivity contribution in [3.8, 4) is 5.75 Å². The second-order valence-electron chi connectivity index (χ2n) is 5.13. The van der Waals surface area contributed by atoms with E-state index in [1.165, 1.54) is 13.2 Å². The molecular formula is C13H18FNO. The summed E-state index contributed by atoms with van der Waals surface area (Å²) in [6.45, 7) is 4.21. The van der Waals surface area contributed by atoms with E-state index in [1.807, 2.05) is 0 Å². The van der Waals surface area contributed by atoms with Crippen LogP contribution in [0, 0.1) is 5.82 Å². The largest absolute Gasteiger partial charge is 0.494 e. The molecule has 1 saturated carbocycles. The molecule has 0 atom stereocenters. The highest BCUT2D eigenvalue weighted by Gasteiger charge is 2.51. The zero-order valence-electron chi connectivity index (χ0n) is 10.0. The molecule has 0 heterocycles. The molecule has 0 unspecified atom stereocenters. The molecule has 0 spiro atoms. The molecule has 0 aromatic heterocycles. The molecule has 2 nitrogen and oxygen atoms in total. The number of rotatable bonds is 3. The van der Waals surface area contributed by atoms with E-state index in [2.05, 4.69) is 13.8 Å². The van der Waals surface area contributed by atoms with Gasteiger partial charge in [-0.2, -0.15) is 0 Å². The average molecular weight is 223 g/mol. The summed E-state index contributed by atoms with van der Waals surface area (Å²) in [5.74, 6) is -0.0428. The number of hydrogen-bond donors (Lipinski definition) is 1. The Labute approximate surface area is 95.6 Å².